The van der Waals surface area contributed by atoms with Gasteiger partial charge in [-0.15, -0.1) is 11.3 Å². The molecular weight excluding hydrogens is 368 g/mol. The summed E-state index contributed by atoms with van der Waals surface area (Å²) in [5.74, 6) is 0.739. The predicted molar refractivity (Wildman–Crippen MR) is 76.8 cm³/mol. The summed E-state index contributed by atoms with van der Waals surface area (Å²) in [6.07, 6.45) is 3.09. The lowest BCUT2D eigenvalue weighted by molar-refractivity contribution is -0.0246. The molecule has 2 nitrogen and oxygen atoms in total. The second-order valence-electron chi connectivity index (χ2n) is 4.28. The van der Waals surface area contributed by atoms with Crippen LogP contribution >= 0.6 is 43.2 Å². The number of ketones is 1. The average Bonchev–Trinajstić information content (AvgIpc) is 2.54. The zero-order chi connectivity index (χ0) is 12.4. The van der Waals surface area contributed by atoms with Crippen LogP contribution in [-0.4, -0.2) is 18.5 Å². The highest BCUT2D eigenvalue weighted by molar-refractivity contribution is 9.12. The van der Waals surface area contributed by atoms with Crippen molar-refractivity contribution in [1.82, 2.24) is 0 Å². The topological polar surface area (TPSA) is 26.3 Å². The summed E-state index contributed by atoms with van der Waals surface area (Å²) in [7, 11) is 0. The molecule has 5 heteroatoms. The van der Waals surface area contributed by atoms with Gasteiger partial charge in [-0.25, -0.2) is 0 Å². The molecule has 1 aliphatic carbocycles. The molecule has 1 heterocycles. The minimum absolute atomic E-state index is 0.235. The first-order valence-corrected chi connectivity index (χ1v) is 8.10. The molecule has 0 atom stereocenters. The molecule has 1 fully saturated rings. The van der Waals surface area contributed by atoms with E-state index in [1.807, 2.05) is 13.0 Å². The first kappa shape index (κ1) is 13.7. The number of carbonyl (C=O) groups excluding carboxylic acids is 1. The van der Waals surface area contributed by atoms with Crippen LogP contribution in [0.2, 0.25) is 0 Å². The third-order valence-corrected chi connectivity index (χ3v) is 5.37. The molecule has 2 rings (SSSR count). The Morgan fingerprint density at radius 2 is 2.24 bits per heavy atom. The minimum Gasteiger partial charge on any atom is -0.378 e. The summed E-state index contributed by atoms with van der Waals surface area (Å²) in [6.45, 7) is 2.78. The van der Waals surface area contributed by atoms with Gasteiger partial charge < -0.3 is 4.74 Å². The fraction of sp³-hybridized carbons (Fsp3) is 0.583. The average molecular weight is 382 g/mol. The van der Waals surface area contributed by atoms with Crippen molar-refractivity contribution in [2.45, 2.75) is 32.3 Å². The van der Waals surface area contributed by atoms with E-state index in [4.69, 9.17) is 4.74 Å². The molecule has 1 aliphatic rings. The molecule has 1 aromatic rings. The molecule has 0 saturated heterocycles. The van der Waals surface area contributed by atoms with Crippen molar-refractivity contribution in [1.29, 1.82) is 0 Å². The third kappa shape index (κ3) is 3.40. The monoisotopic (exact) mass is 380 g/mol. The number of carbonyl (C=O) groups is 1. The van der Waals surface area contributed by atoms with Crippen LogP contribution in [0.25, 0.3) is 0 Å². The Morgan fingerprint density at radius 1 is 1.53 bits per heavy atom. The van der Waals surface area contributed by atoms with Crippen LogP contribution in [0.3, 0.4) is 0 Å². The SMILES string of the molecule is CCOC1CC(CC(=O)c2cc(Br)sc2Br)C1. The molecule has 94 valence electrons. The fourth-order valence-corrected chi connectivity index (χ4v) is 4.97. The zero-order valence-corrected chi connectivity index (χ0v) is 13.5. The van der Waals surface area contributed by atoms with E-state index in [0.717, 1.165) is 32.6 Å². The first-order chi connectivity index (χ1) is 8.10. The Kier molecular flexibility index (Phi) is 4.80. The predicted octanol–water partition coefficient (Wildman–Crippen LogP) is 4.66. The molecule has 0 N–H and O–H groups in total. The molecule has 0 unspecified atom stereocenters. The number of hydrogen-bond donors (Lipinski definition) is 0. The number of ether oxygens (including phenoxy) is 1. The van der Waals surface area contributed by atoms with Crippen LogP contribution < -0.4 is 0 Å². The van der Waals surface area contributed by atoms with Crippen LogP contribution in [-0.2, 0) is 4.74 Å². The Bertz CT molecular complexity index is 411. The van der Waals surface area contributed by atoms with Gasteiger partial charge in [0.1, 0.15) is 0 Å². The van der Waals surface area contributed by atoms with Gasteiger partial charge in [-0.2, -0.15) is 0 Å². The second kappa shape index (κ2) is 5.95. The number of hydrogen-bond acceptors (Lipinski definition) is 3. The standard InChI is InChI=1S/C12H14Br2O2S/c1-2-16-8-3-7(4-8)5-10(15)9-6-11(13)17-12(9)14/h6-8H,2-5H2,1H3. The smallest absolute Gasteiger partial charge is 0.165 e. The maximum absolute atomic E-state index is 12.1. The molecule has 0 radical (unpaired) electrons. The molecule has 1 saturated carbocycles. The lowest BCUT2D eigenvalue weighted by Gasteiger charge is -2.34. The van der Waals surface area contributed by atoms with Crippen molar-refractivity contribution in [3.8, 4) is 0 Å². The van der Waals surface area contributed by atoms with Gasteiger partial charge in [-0.05, 0) is 63.6 Å². The van der Waals surface area contributed by atoms with Gasteiger partial charge in [0, 0.05) is 18.6 Å². The van der Waals surface area contributed by atoms with E-state index in [0.29, 0.717) is 18.4 Å². The van der Waals surface area contributed by atoms with E-state index in [9.17, 15) is 4.79 Å². The maximum atomic E-state index is 12.1. The molecule has 1 aromatic heterocycles. The van der Waals surface area contributed by atoms with Gasteiger partial charge in [0.05, 0.1) is 13.7 Å². The summed E-state index contributed by atoms with van der Waals surface area (Å²) in [6, 6.07) is 1.90. The summed E-state index contributed by atoms with van der Waals surface area (Å²) < 4.78 is 7.42. The Morgan fingerprint density at radius 3 is 2.76 bits per heavy atom. The van der Waals surface area contributed by atoms with E-state index >= 15 is 0 Å². The number of Topliss-reactive ketones (excluding diaryl/α,β-unsaturated/α-hetero) is 1. The Labute approximate surface area is 122 Å². The molecule has 0 aliphatic heterocycles. The molecular formula is C12H14Br2O2S. The number of rotatable bonds is 5. The molecule has 0 aromatic carbocycles. The molecule has 0 amide bonds. The summed E-state index contributed by atoms with van der Waals surface area (Å²) in [5.41, 5.74) is 0.807. The van der Waals surface area contributed by atoms with Crippen LogP contribution in [0.1, 0.15) is 36.5 Å². The van der Waals surface area contributed by atoms with Gasteiger partial charge >= 0.3 is 0 Å². The highest BCUT2D eigenvalue weighted by Crippen LogP contribution is 2.37. The maximum Gasteiger partial charge on any atom is 0.165 e. The third-order valence-electron chi connectivity index (χ3n) is 3.03. The molecule has 0 bridgehead atoms. The Balaban J connectivity index is 1.85. The number of thiophene rings is 1. The summed E-state index contributed by atoms with van der Waals surface area (Å²) >= 11 is 8.37. The van der Waals surface area contributed by atoms with Gasteiger partial charge in [0.25, 0.3) is 0 Å². The first-order valence-electron chi connectivity index (χ1n) is 5.69. The van der Waals surface area contributed by atoms with Crippen LogP contribution in [0.5, 0.6) is 0 Å². The van der Waals surface area contributed by atoms with Crippen molar-refractivity contribution in [3.63, 3.8) is 0 Å². The van der Waals surface area contributed by atoms with Crippen molar-refractivity contribution in [2.24, 2.45) is 5.92 Å². The van der Waals surface area contributed by atoms with E-state index in [-0.39, 0.29) is 5.78 Å². The van der Waals surface area contributed by atoms with Crippen LogP contribution in [0, 0.1) is 5.92 Å². The van der Waals surface area contributed by atoms with Crippen LogP contribution in [0.15, 0.2) is 13.6 Å². The highest BCUT2D eigenvalue weighted by atomic mass is 79.9. The quantitative estimate of drug-likeness (QED) is 0.693. The van der Waals surface area contributed by atoms with E-state index < -0.39 is 0 Å². The van der Waals surface area contributed by atoms with E-state index in [1.54, 1.807) is 11.3 Å². The van der Waals surface area contributed by atoms with Gasteiger partial charge in [0.15, 0.2) is 5.78 Å². The van der Waals surface area contributed by atoms with Crippen molar-refractivity contribution in [2.75, 3.05) is 6.61 Å². The minimum atomic E-state index is 0.235. The zero-order valence-electron chi connectivity index (χ0n) is 9.54. The lowest BCUT2D eigenvalue weighted by atomic mass is 9.78. The van der Waals surface area contributed by atoms with Gasteiger partial charge in [-0.1, -0.05) is 0 Å². The van der Waals surface area contributed by atoms with E-state index in [1.165, 1.54) is 0 Å². The number of halogens is 2. The van der Waals surface area contributed by atoms with Crippen LogP contribution in [0.4, 0.5) is 0 Å². The fourth-order valence-electron chi connectivity index (χ4n) is 2.12. The highest BCUT2D eigenvalue weighted by Gasteiger charge is 2.31. The summed E-state index contributed by atoms with van der Waals surface area (Å²) in [4.78, 5) is 12.1. The normalized spacial score (nSPS) is 23.5. The van der Waals surface area contributed by atoms with Crippen molar-refractivity contribution >= 4 is 49.0 Å². The largest absolute Gasteiger partial charge is 0.378 e. The van der Waals surface area contributed by atoms with Gasteiger partial charge in [0.2, 0.25) is 0 Å². The van der Waals surface area contributed by atoms with Crippen molar-refractivity contribution in [3.05, 3.63) is 19.2 Å². The van der Waals surface area contributed by atoms with Crippen molar-refractivity contribution < 1.29 is 9.53 Å². The second-order valence-corrected chi connectivity index (χ2v) is 8.03. The van der Waals surface area contributed by atoms with E-state index in [2.05, 4.69) is 31.9 Å². The Hall–Kier alpha value is 0.290. The molecule has 17 heavy (non-hydrogen) atoms. The summed E-state index contributed by atoms with van der Waals surface area (Å²) in [5, 5.41) is 0. The lowest BCUT2D eigenvalue weighted by Crippen LogP contribution is -2.32. The molecule has 0 spiro atoms. The van der Waals surface area contributed by atoms with Gasteiger partial charge in [-0.3, -0.25) is 4.79 Å².